The summed E-state index contributed by atoms with van der Waals surface area (Å²) in [6, 6.07) is 7.79. The van der Waals surface area contributed by atoms with E-state index in [1.807, 2.05) is 31.2 Å². The molecule has 10 heteroatoms. The lowest BCUT2D eigenvalue weighted by Gasteiger charge is -2.11. The number of benzene rings is 1. The number of esters is 1. The van der Waals surface area contributed by atoms with Crippen molar-refractivity contribution in [2.24, 2.45) is 0 Å². The molecule has 0 aliphatic rings. The molecule has 1 unspecified atom stereocenters. The van der Waals surface area contributed by atoms with Gasteiger partial charge in [0.1, 0.15) is 5.01 Å². The molecule has 1 N–H and O–H groups in total. The fourth-order valence-electron chi connectivity index (χ4n) is 2.94. The molecular weight excluding hydrogens is 424 g/mol. The molecule has 8 nitrogen and oxygen atoms in total. The number of aromatic amines is 1. The Morgan fingerprint density at radius 2 is 2.13 bits per heavy atom. The van der Waals surface area contributed by atoms with Gasteiger partial charge in [-0.1, -0.05) is 30.0 Å². The third-order valence-corrected chi connectivity index (χ3v) is 6.16. The molecule has 1 atom stereocenters. The molecule has 0 fully saturated rings. The molecule has 0 aliphatic heterocycles. The van der Waals surface area contributed by atoms with Gasteiger partial charge in [-0.15, -0.1) is 21.5 Å². The van der Waals surface area contributed by atoms with Gasteiger partial charge >= 0.3 is 5.97 Å². The minimum Gasteiger partial charge on any atom is -0.465 e. The van der Waals surface area contributed by atoms with E-state index in [0.717, 1.165) is 33.9 Å². The highest BCUT2D eigenvalue weighted by Crippen LogP contribution is 2.30. The Morgan fingerprint density at radius 1 is 1.30 bits per heavy atom. The quantitative estimate of drug-likeness (QED) is 0.248. The Balaban J connectivity index is 1.48. The number of aryl methyl sites for hydroxylation is 1. The van der Waals surface area contributed by atoms with Gasteiger partial charge in [0.15, 0.2) is 11.7 Å². The minimum atomic E-state index is -1.05. The first-order valence-electron chi connectivity index (χ1n) is 9.21. The van der Waals surface area contributed by atoms with Gasteiger partial charge in [-0.05, 0) is 19.9 Å². The fourth-order valence-corrected chi connectivity index (χ4v) is 4.52. The van der Waals surface area contributed by atoms with Crippen molar-refractivity contribution in [3.8, 4) is 11.5 Å². The number of nitrogens with zero attached hydrogens (tertiary/aromatic N) is 3. The number of fused-ring (bicyclic) bond motifs is 1. The molecule has 0 spiro atoms. The van der Waals surface area contributed by atoms with Gasteiger partial charge in [0, 0.05) is 28.2 Å². The smallest absolute Gasteiger partial charge is 0.323 e. The van der Waals surface area contributed by atoms with Crippen molar-refractivity contribution in [2.45, 2.75) is 25.0 Å². The molecule has 4 aromatic rings. The van der Waals surface area contributed by atoms with Gasteiger partial charge in [0.05, 0.1) is 17.9 Å². The molecule has 0 amide bonds. The predicted molar refractivity (Wildman–Crippen MR) is 114 cm³/mol. The van der Waals surface area contributed by atoms with Gasteiger partial charge in [-0.25, -0.2) is 4.98 Å². The molecule has 0 saturated heterocycles. The number of hydrogen-bond acceptors (Lipinski definition) is 9. The van der Waals surface area contributed by atoms with Crippen LogP contribution >= 0.6 is 23.1 Å². The fraction of sp³-hybridized carbons (Fsp3) is 0.250. The van der Waals surface area contributed by atoms with Crippen LogP contribution in [0.2, 0.25) is 0 Å². The first kappa shape index (κ1) is 20.3. The third kappa shape index (κ3) is 4.14. The maximum absolute atomic E-state index is 12.8. The lowest BCUT2D eigenvalue weighted by Crippen LogP contribution is -2.25. The number of H-pyrrole nitrogens is 1. The van der Waals surface area contributed by atoms with E-state index < -0.39 is 11.9 Å². The Labute approximate surface area is 180 Å². The number of rotatable bonds is 8. The van der Waals surface area contributed by atoms with Crippen LogP contribution in [0.15, 0.2) is 45.5 Å². The van der Waals surface area contributed by atoms with Crippen molar-refractivity contribution in [3.05, 3.63) is 46.5 Å². The summed E-state index contributed by atoms with van der Waals surface area (Å²) in [4.78, 5) is 32.6. The second-order valence-electron chi connectivity index (χ2n) is 6.39. The summed E-state index contributed by atoms with van der Waals surface area (Å²) in [6.45, 7) is 3.70. The molecule has 30 heavy (non-hydrogen) atoms. The van der Waals surface area contributed by atoms with Crippen LogP contribution in [-0.4, -0.2) is 44.3 Å². The highest BCUT2D eigenvalue weighted by atomic mass is 32.2. The van der Waals surface area contributed by atoms with Crippen LogP contribution < -0.4 is 0 Å². The van der Waals surface area contributed by atoms with E-state index >= 15 is 0 Å². The van der Waals surface area contributed by atoms with Gasteiger partial charge in [-0.3, -0.25) is 9.59 Å². The third-order valence-electron chi connectivity index (χ3n) is 4.29. The summed E-state index contributed by atoms with van der Waals surface area (Å²) in [5.74, 6) is -1.62. The molecule has 154 valence electrons. The van der Waals surface area contributed by atoms with Crippen LogP contribution in [0.5, 0.6) is 0 Å². The zero-order chi connectivity index (χ0) is 21.1. The second kappa shape index (κ2) is 8.80. The van der Waals surface area contributed by atoms with E-state index in [2.05, 4.69) is 20.2 Å². The monoisotopic (exact) mass is 442 g/mol. The maximum atomic E-state index is 12.8. The number of thioether (sulfide) groups is 1. The number of para-hydroxylation sites is 1. The standard InChI is InChI=1S/C20H18N4O4S2/c1-3-27-19(26)16(18-22-11(2)9-29-18)15(25)10-30-20-24-23-17(28-20)13-8-21-14-7-5-4-6-12(13)14/h4-9,16,21H,3,10H2,1-2H3. The lowest BCUT2D eigenvalue weighted by molar-refractivity contribution is -0.147. The number of thiazole rings is 1. The number of Topliss-reactive ketones (excluding diaryl/α,β-unsaturated/α-hetero) is 1. The largest absolute Gasteiger partial charge is 0.465 e. The van der Waals surface area contributed by atoms with Crippen molar-refractivity contribution in [1.29, 1.82) is 0 Å². The number of ketones is 1. The highest BCUT2D eigenvalue weighted by Gasteiger charge is 2.32. The van der Waals surface area contributed by atoms with Gasteiger partial charge < -0.3 is 14.1 Å². The van der Waals surface area contributed by atoms with Crippen molar-refractivity contribution < 1.29 is 18.7 Å². The minimum absolute atomic E-state index is 0.0162. The molecule has 3 heterocycles. The average molecular weight is 443 g/mol. The summed E-state index contributed by atoms with van der Waals surface area (Å²) >= 11 is 2.35. The first-order valence-corrected chi connectivity index (χ1v) is 11.1. The summed E-state index contributed by atoms with van der Waals surface area (Å²) in [6.07, 6.45) is 1.80. The molecule has 0 aliphatic carbocycles. The topological polar surface area (TPSA) is 111 Å². The molecule has 0 saturated carbocycles. The number of carbonyl (C=O) groups is 2. The van der Waals surface area contributed by atoms with Crippen molar-refractivity contribution in [3.63, 3.8) is 0 Å². The van der Waals surface area contributed by atoms with E-state index in [-0.39, 0.29) is 23.4 Å². The Hall–Kier alpha value is -2.98. The normalized spacial score (nSPS) is 12.2. The van der Waals surface area contributed by atoms with Gasteiger partial charge in [0.25, 0.3) is 11.1 Å². The van der Waals surface area contributed by atoms with Gasteiger partial charge in [0.2, 0.25) is 0 Å². The maximum Gasteiger partial charge on any atom is 0.323 e. The number of hydrogen-bond donors (Lipinski definition) is 1. The number of carbonyl (C=O) groups excluding carboxylic acids is 2. The molecule has 0 bridgehead atoms. The molecule has 0 radical (unpaired) electrons. The molecule has 1 aromatic carbocycles. The highest BCUT2D eigenvalue weighted by molar-refractivity contribution is 7.99. The average Bonchev–Trinajstić information content (AvgIpc) is 3.46. The summed E-state index contributed by atoms with van der Waals surface area (Å²) in [7, 11) is 0. The van der Waals surface area contributed by atoms with Crippen LogP contribution in [0.3, 0.4) is 0 Å². The number of ether oxygens (including phenoxy) is 1. The van der Waals surface area contributed by atoms with Gasteiger partial charge in [-0.2, -0.15) is 0 Å². The van der Waals surface area contributed by atoms with Crippen LogP contribution in [0.25, 0.3) is 22.4 Å². The van der Waals surface area contributed by atoms with E-state index in [1.54, 1.807) is 18.5 Å². The Bertz CT molecular complexity index is 1200. The first-order chi connectivity index (χ1) is 14.6. The van der Waals surface area contributed by atoms with Crippen LogP contribution in [0.4, 0.5) is 0 Å². The molecular formula is C20H18N4O4S2. The summed E-state index contributed by atoms with van der Waals surface area (Å²) in [5, 5.41) is 11.6. The zero-order valence-electron chi connectivity index (χ0n) is 16.2. The predicted octanol–water partition coefficient (Wildman–Crippen LogP) is 3.99. The Kier molecular flexibility index (Phi) is 5.96. The van der Waals surface area contributed by atoms with E-state index in [4.69, 9.17) is 9.15 Å². The van der Waals surface area contributed by atoms with Crippen LogP contribution in [0, 0.1) is 6.92 Å². The van der Waals surface area contributed by atoms with Crippen LogP contribution in [-0.2, 0) is 14.3 Å². The molecule has 4 rings (SSSR count). The molecule has 3 aromatic heterocycles. The van der Waals surface area contributed by atoms with E-state index in [0.29, 0.717) is 10.9 Å². The van der Waals surface area contributed by atoms with Crippen molar-refractivity contribution in [1.82, 2.24) is 20.2 Å². The Morgan fingerprint density at radius 3 is 2.90 bits per heavy atom. The van der Waals surface area contributed by atoms with E-state index in [1.165, 1.54) is 11.3 Å². The second-order valence-corrected chi connectivity index (χ2v) is 8.20. The number of aromatic nitrogens is 4. The van der Waals surface area contributed by atoms with Crippen molar-refractivity contribution in [2.75, 3.05) is 12.4 Å². The number of nitrogens with one attached hydrogen (secondary N) is 1. The summed E-state index contributed by atoms with van der Waals surface area (Å²) in [5.41, 5.74) is 2.51. The van der Waals surface area contributed by atoms with E-state index in [9.17, 15) is 9.59 Å². The summed E-state index contributed by atoms with van der Waals surface area (Å²) < 4.78 is 10.8. The van der Waals surface area contributed by atoms with Crippen molar-refractivity contribution >= 4 is 45.8 Å². The zero-order valence-corrected chi connectivity index (χ0v) is 17.9. The lowest BCUT2D eigenvalue weighted by atomic mass is 10.1. The SMILES string of the molecule is CCOC(=O)C(C(=O)CSc1nnc(-c2c[nH]c3ccccc23)o1)c1nc(C)cs1. The van der Waals surface area contributed by atoms with Crippen LogP contribution in [0.1, 0.15) is 23.5 Å².